The van der Waals surface area contributed by atoms with Crippen LogP contribution in [0.15, 0.2) is 46.1 Å². The third-order valence-electron chi connectivity index (χ3n) is 3.53. The van der Waals surface area contributed by atoms with E-state index < -0.39 is 0 Å². The lowest BCUT2D eigenvalue weighted by molar-refractivity contribution is 0.710. The second-order valence-electron chi connectivity index (χ2n) is 5.00. The van der Waals surface area contributed by atoms with Crippen LogP contribution in [0.1, 0.15) is 40.5 Å². The third-order valence-corrected chi connectivity index (χ3v) is 3.53. The fourth-order valence-electron chi connectivity index (χ4n) is 2.34. The molecule has 0 fully saturated rings. The largest absolute Gasteiger partial charge is 0.0667 e. The van der Waals surface area contributed by atoms with Crippen molar-refractivity contribution in [3.05, 3.63) is 46.1 Å². The molecule has 0 radical (unpaired) electrons. The average molecular weight is 200 g/mol. The third kappa shape index (κ3) is 1.86. The van der Waals surface area contributed by atoms with Crippen LogP contribution in [0, 0.1) is 5.92 Å². The van der Waals surface area contributed by atoms with Crippen LogP contribution >= 0.6 is 0 Å². The van der Waals surface area contributed by atoms with Crippen molar-refractivity contribution in [3.8, 4) is 0 Å². The lowest BCUT2D eigenvalue weighted by Gasteiger charge is -2.09. The van der Waals surface area contributed by atoms with Crippen LogP contribution in [0.2, 0.25) is 0 Å². The first kappa shape index (κ1) is 10.5. The number of fused-ring (bicyclic) bond motifs is 1. The maximum absolute atomic E-state index is 2.42. The normalized spacial score (nSPS) is 21.0. The molecule has 2 aliphatic carbocycles. The van der Waals surface area contributed by atoms with Crippen LogP contribution in [0.4, 0.5) is 0 Å². The number of rotatable bonds is 1. The van der Waals surface area contributed by atoms with Gasteiger partial charge in [-0.1, -0.05) is 43.2 Å². The van der Waals surface area contributed by atoms with Gasteiger partial charge in [0.15, 0.2) is 0 Å². The molecule has 0 heteroatoms. The molecule has 0 aromatic carbocycles. The number of allylic oxidation sites excluding steroid dienone is 8. The molecule has 0 amide bonds. The van der Waals surface area contributed by atoms with E-state index in [4.69, 9.17) is 0 Å². The molecular formula is C15H20. The molecule has 0 aromatic heterocycles. The fraction of sp³-hybridized carbons (Fsp3) is 0.467. The Kier molecular flexibility index (Phi) is 2.68. The molecule has 2 rings (SSSR count). The SMILES string of the molecule is CC1=C2C=C(C(C)C)CCC(C)=C2C=C1. The summed E-state index contributed by atoms with van der Waals surface area (Å²) in [5.74, 6) is 0.679. The Bertz CT molecular complexity index is 398. The smallest absolute Gasteiger partial charge is 0.0156 e. The molecule has 0 bridgehead atoms. The second-order valence-corrected chi connectivity index (χ2v) is 5.00. The van der Waals surface area contributed by atoms with Crippen LogP contribution in [0.3, 0.4) is 0 Å². The fourth-order valence-corrected chi connectivity index (χ4v) is 2.34. The van der Waals surface area contributed by atoms with Crippen LogP contribution in [0.5, 0.6) is 0 Å². The Hall–Kier alpha value is -1.04. The lowest BCUT2D eigenvalue weighted by Crippen LogP contribution is -1.93. The summed E-state index contributed by atoms with van der Waals surface area (Å²) in [6.07, 6.45) is 9.40. The van der Waals surface area contributed by atoms with E-state index in [9.17, 15) is 0 Å². The zero-order valence-electron chi connectivity index (χ0n) is 10.2. The minimum atomic E-state index is 0.679. The predicted octanol–water partition coefficient (Wildman–Crippen LogP) is 4.57. The highest BCUT2D eigenvalue weighted by atomic mass is 14.2. The Balaban J connectivity index is 2.46. The van der Waals surface area contributed by atoms with Gasteiger partial charge in [-0.2, -0.15) is 0 Å². The minimum Gasteiger partial charge on any atom is -0.0667 e. The molecule has 2 aliphatic rings. The predicted molar refractivity (Wildman–Crippen MR) is 66.7 cm³/mol. The highest BCUT2D eigenvalue weighted by molar-refractivity contribution is 5.61. The van der Waals surface area contributed by atoms with Crippen molar-refractivity contribution < 1.29 is 0 Å². The van der Waals surface area contributed by atoms with E-state index >= 15 is 0 Å². The topological polar surface area (TPSA) is 0 Å². The standard InChI is InChI=1S/C15H20/c1-10(2)13-7-5-11(3)14-8-6-12(4)15(14)9-13/h6,8-10H,5,7H2,1-4H3. The van der Waals surface area contributed by atoms with E-state index in [0.717, 1.165) is 0 Å². The molecule has 0 spiro atoms. The molecular weight excluding hydrogens is 180 g/mol. The van der Waals surface area contributed by atoms with E-state index in [1.807, 2.05) is 0 Å². The number of hydrogen-bond donors (Lipinski definition) is 0. The van der Waals surface area contributed by atoms with E-state index in [1.165, 1.54) is 29.6 Å². The van der Waals surface area contributed by atoms with Gasteiger partial charge in [0.05, 0.1) is 0 Å². The van der Waals surface area contributed by atoms with Gasteiger partial charge in [-0.3, -0.25) is 0 Å². The first-order chi connectivity index (χ1) is 7.09. The van der Waals surface area contributed by atoms with Gasteiger partial charge in [-0.25, -0.2) is 0 Å². The molecule has 0 saturated carbocycles. The molecule has 0 heterocycles. The van der Waals surface area contributed by atoms with Gasteiger partial charge in [-0.05, 0) is 49.3 Å². The minimum absolute atomic E-state index is 0.679. The molecule has 80 valence electrons. The van der Waals surface area contributed by atoms with Gasteiger partial charge in [0, 0.05) is 0 Å². The van der Waals surface area contributed by atoms with Gasteiger partial charge >= 0.3 is 0 Å². The molecule has 0 N–H and O–H groups in total. The van der Waals surface area contributed by atoms with Crippen molar-refractivity contribution in [2.24, 2.45) is 5.92 Å². The summed E-state index contributed by atoms with van der Waals surface area (Å²) in [6.45, 7) is 9.08. The zero-order valence-corrected chi connectivity index (χ0v) is 10.2. The highest BCUT2D eigenvalue weighted by Crippen LogP contribution is 2.35. The molecule has 15 heavy (non-hydrogen) atoms. The van der Waals surface area contributed by atoms with Gasteiger partial charge < -0.3 is 0 Å². The van der Waals surface area contributed by atoms with Gasteiger partial charge in [-0.15, -0.1) is 0 Å². The molecule has 0 atom stereocenters. The quantitative estimate of drug-likeness (QED) is 0.582. The van der Waals surface area contributed by atoms with Gasteiger partial charge in [0.25, 0.3) is 0 Å². The summed E-state index contributed by atoms with van der Waals surface area (Å²) in [6, 6.07) is 0. The zero-order chi connectivity index (χ0) is 11.0. The second kappa shape index (κ2) is 3.84. The monoisotopic (exact) mass is 200 g/mol. The van der Waals surface area contributed by atoms with Gasteiger partial charge in [0.1, 0.15) is 0 Å². The maximum atomic E-state index is 2.42. The Morgan fingerprint density at radius 1 is 1.00 bits per heavy atom. The van der Waals surface area contributed by atoms with Crippen molar-refractivity contribution in [2.75, 3.05) is 0 Å². The van der Waals surface area contributed by atoms with E-state index in [1.54, 1.807) is 11.1 Å². The van der Waals surface area contributed by atoms with Crippen molar-refractivity contribution >= 4 is 0 Å². The number of hydrogen-bond acceptors (Lipinski definition) is 0. The molecule has 0 saturated heterocycles. The summed E-state index contributed by atoms with van der Waals surface area (Å²) < 4.78 is 0. The molecule has 0 aliphatic heterocycles. The molecule has 0 unspecified atom stereocenters. The van der Waals surface area contributed by atoms with E-state index in [2.05, 4.69) is 45.9 Å². The average Bonchev–Trinajstić information content (AvgIpc) is 2.43. The van der Waals surface area contributed by atoms with Crippen LogP contribution in [0.25, 0.3) is 0 Å². The first-order valence-corrected chi connectivity index (χ1v) is 5.89. The maximum Gasteiger partial charge on any atom is -0.0156 e. The van der Waals surface area contributed by atoms with Crippen molar-refractivity contribution in [1.82, 2.24) is 0 Å². The highest BCUT2D eigenvalue weighted by Gasteiger charge is 2.17. The summed E-state index contributed by atoms with van der Waals surface area (Å²) in [5, 5.41) is 0. The van der Waals surface area contributed by atoms with Crippen LogP contribution in [-0.4, -0.2) is 0 Å². The Labute approximate surface area is 93.1 Å². The lowest BCUT2D eigenvalue weighted by atomic mass is 9.96. The summed E-state index contributed by atoms with van der Waals surface area (Å²) in [4.78, 5) is 0. The Morgan fingerprint density at radius 3 is 2.40 bits per heavy atom. The van der Waals surface area contributed by atoms with Gasteiger partial charge in [0.2, 0.25) is 0 Å². The summed E-state index contributed by atoms with van der Waals surface area (Å²) in [7, 11) is 0. The molecule has 0 aromatic rings. The van der Waals surface area contributed by atoms with Crippen molar-refractivity contribution in [2.45, 2.75) is 40.5 Å². The Morgan fingerprint density at radius 2 is 1.73 bits per heavy atom. The molecule has 0 nitrogen and oxygen atoms in total. The summed E-state index contributed by atoms with van der Waals surface area (Å²) >= 11 is 0. The van der Waals surface area contributed by atoms with E-state index in [0.29, 0.717) is 5.92 Å². The van der Waals surface area contributed by atoms with Crippen LogP contribution in [-0.2, 0) is 0 Å². The van der Waals surface area contributed by atoms with Crippen molar-refractivity contribution in [1.29, 1.82) is 0 Å². The first-order valence-electron chi connectivity index (χ1n) is 5.89. The van der Waals surface area contributed by atoms with Crippen LogP contribution < -0.4 is 0 Å². The summed E-state index contributed by atoms with van der Waals surface area (Å²) in [5.41, 5.74) is 7.51. The van der Waals surface area contributed by atoms with Crippen molar-refractivity contribution in [3.63, 3.8) is 0 Å². The van der Waals surface area contributed by atoms with E-state index in [-0.39, 0.29) is 0 Å².